The molecule has 1 heterocycles. The highest BCUT2D eigenvalue weighted by Crippen LogP contribution is 2.32. The fourth-order valence-electron chi connectivity index (χ4n) is 1.59. The molecule has 0 spiro atoms. The topological polar surface area (TPSA) is 3.01 Å². The van der Waals surface area contributed by atoms with Gasteiger partial charge in [-0.05, 0) is 6.42 Å². The maximum absolute atomic E-state index is 2.38. The van der Waals surface area contributed by atoms with Crippen LogP contribution in [-0.4, -0.2) is 22.4 Å². The van der Waals surface area contributed by atoms with E-state index in [-0.39, 0.29) is 0 Å². The van der Waals surface area contributed by atoms with Crippen LogP contribution in [-0.2, 0) is 0 Å². The average Bonchev–Trinajstić information content (AvgIpc) is 2.21. The van der Waals surface area contributed by atoms with Gasteiger partial charge in [0.15, 0.2) is 0 Å². The number of allylic oxidation sites excluding steroid dienone is 1. The molecule has 2 rings (SSSR count). The van der Waals surface area contributed by atoms with Crippen molar-refractivity contribution in [3.05, 3.63) is 18.2 Å². The standard InChI is InChI=1S/C9H13NS.C2H6/c1-10-6-8-4-2-3-5-9(8)11-7-10;1-2/h4,6-7,9H,2-3,5H2,1H3;1-2H3. The second-order valence-electron chi connectivity index (χ2n) is 3.16. The van der Waals surface area contributed by atoms with E-state index in [4.69, 9.17) is 0 Å². The van der Waals surface area contributed by atoms with Gasteiger partial charge < -0.3 is 4.58 Å². The minimum Gasteiger partial charge on any atom is -0.307 e. The summed E-state index contributed by atoms with van der Waals surface area (Å²) in [7, 11) is 2.10. The summed E-state index contributed by atoms with van der Waals surface area (Å²) in [5.74, 6) is 0. The first kappa shape index (κ1) is 10.7. The van der Waals surface area contributed by atoms with E-state index < -0.39 is 0 Å². The monoisotopic (exact) mass is 197 g/mol. The molecular weight excluding hydrogens is 178 g/mol. The van der Waals surface area contributed by atoms with E-state index in [0.29, 0.717) is 0 Å². The van der Waals surface area contributed by atoms with E-state index in [0.717, 1.165) is 5.25 Å². The molecule has 1 unspecified atom stereocenters. The van der Waals surface area contributed by atoms with Crippen LogP contribution >= 0.6 is 11.8 Å². The van der Waals surface area contributed by atoms with Crippen molar-refractivity contribution >= 4 is 17.3 Å². The Kier molecular flexibility index (Phi) is 4.43. The quantitative estimate of drug-likeness (QED) is 0.426. The molecule has 1 aliphatic heterocycles. The SMILES string of the molecule is CC.C[N+]1=CSC2CCCC=C2[CH-]1. The van der Waals surface area contributed by atoms with Crippen LogP contribution < -0.4 is 0 Å². The van der Waals surface area contributed by atoms with Crippen LogP contribution in [0, 0.1) is 6.54 Å². The number of hydrogen-bond acceptors (Lipinski definition) is 1. The van der Waals surface area contributed by atoms with Crippen molar-refractivity contribution in [1.82, 2.24) is 0 Å². The van der Waals surface area contributed by atoms with Gasteiger partial charge in [0, 0.05) is 5.25 Å². The number of likely N-dealkylation sites (N-methyl/N-ethyl adjacent to an activating group) is 1. The Morgan fingerprint density at radius 3 is 3.08 bits per heavy atom. The minimum absolute atomic E-state index is 0.764. The van der Waals surface area contributed by atoms with Crippen molar-refractivity contribution < 1.29 is 4.58 Å². The summed E-state index contributed by atoms with van der Waals surface area (Å²) in [6, 6.07) is 0. The lowest BCUT2D eigenvalue weighted by Gasteiger charge is -2.28. The Labute approximate surface area is 85.9 Å². The average molecular weight is 197 g/mol. The third kappa shape index (κ3) is 2.80. The summed E-state index contributed by atoms with van der Waals surface area (Å²) < 4.78 is 2.15. The molecule has 0 amide bonds. The van der Waals surface area contributed by atoms with Gasteiger partial charge in [0.05, 0.1) is 6.54 Å². The summed E-state index contributed by atoms with van der Waals surface area (Å²) in [4.78, 5) is 0. The molecule has 0 aromatic rings. The van der Waals surface area contributed by atoms with Gasteiger partial charge in [-0.25, -0.2) is 0 Å². The van der Waals surface area contributed by atoms with Gasteiger partial charge in [0.25, 0.3) is 0 Å². The molecular formula is C11H19NS. The van der Waals surface area contributed by atoms with Crippen LogP contribution in [0.15, 0.2) is 11.6 Å². The molecule has 0 fully saturated rings. The normalized spacial score (nSPS) is 25.6. The summed E-state index contributed by atoms with van der Waals surface area (Å²) in [5.41, 5.74) is 3.74. The van der Waals surface area contributed by atoms with Gasteiger partial charge in [-0.15, -0.1) is 11.8 Å². The molecule has 2 aliphatic rings. The van der Waals surface area contributed by atoms with E-state index in [1.54, 1.807) is 0 Å². The fourth-order valence-corrected chi connectivity index (χ4v) is 2.60. The summed E-state index contributed by atoms with van der Waals surface area (Å²) in [6.07, 6.45) is 6.38. The number of rotatable bonds is 0. The molecule has 0 bridgehead atoms. The van der Waals surface area contributed by atoms with Crippen LogP contribution in [0.4, 0.5) is 0 Å². The number of fused-ring (bicyclic) bond motifs is 1. The van der Waals surface area contributed by atoms with Crippen LogP contribution in [0.25, 0.3) is 0 Å². The van der Waals surface area contributed by atoms with Gasteiger partial charge in [-0.1, -0.05) is 32.3 Å². The van der Waals surface area contributed by atoms with E-state index >= 15 is 0 Å². The van der Waals surface area contributed by atoms with E-state index in [2.05, 4.69) is 29.8 Å². The fraction of sp³-hybridized carbons (Fsp3) is 0.636. The highest BCUT2D eigenvalue weighted by molar-refractivity contribution is 8.12. The second-order valence-corrected chi connectivity index (χ2v) is 4.21. The van der Waals surface area contributed by atoms with Gasteiger partial charge in [-0.3, -0.25) is 0 Å². The smallest absolute Gasteiger partial charge is 0.115 e. The first-order chi connectivity index (χ1) is 6.36. The lowest BCUT2D eigenvalue weighted by molar-refractivity contribution is -0.442. The van der Waals surface area contributed by atoms with E-state index in [1.165, 1.54) is 24.8 Å². The Balaban J connectivity index is 0.000000396. The molecule has 0 aromatic heterocycles. The second kappa shape index (κ2) is 5.38. The highest BCUT2D eigenvalue weighted by Gasteiger charge is 2.18. The maximum atomic E-state index is 2.38. The number of nitrogens with zero attached hydrogens (tertiary/aromatic N) is 1. The van der Waals surface area contributed by atoms with Crippen molar-refractivity contribution in [3.63, 3.8) is 0 Å². The largest absolute Gasteiger partial charge is 0.307 e. The zero-order valence-electron chi connectivity index (χ0n) is 8.79. The summed E-state index contributed by atoms with van der Waals surface area (Å²) in [6.45, 7) is 6.25. The van der Waals surface area contributed by atoms with Crippen molar-refractivity contribution in [3.8, 4) is 0 Å². The molecule has 0 aromatic carbocycles. The Hall–Kier alpha value is -0.370. The Bertz CT molecular complexity index is 218. The lowest BCUT2D eigenvalue weighted by atomic mass is 9.99. The molecule has 2 heteroatoms. The first-order valence-corrected chi connectivity index (χ1v) is 6.06. The molecule has 0 N–H and O–H groups in total. The predicted octanol–water partition coefficient (Wildman–Crippen LogP) is 3.07. The van der Waals surface area contributed by atoms with Gasteiger partial charge in [0.1, 0.15) is 12.6 Å². The van der Waals surface area contributed by atoms with Crippen LogP contribution in [0.2, 0.25) is 0 Å². The van der Waals surface area contributed by atoms with Crippen molar-refractivity contribution in [2.45, 2.75) is 38.4 Å². The Morgan fingerprint density at radius 1 is 1.54 bits per heavy atom. The highest BCUT2D eigenvalue weighted by atomic mass is 32.2. The molecule has 0 saturated heterocycles. The zero-order valence-corrected chi connectivity index (χ0v) is 9.60. The van der Waals surface area contributed by atoms with Crippen LogP contribution in [0.3, 0.4) is 0 Å². The Morgan fingerprint density at radius 2 is 2.31 bits per heavy atom. The minimum atomic E-state index is 0.764. The van der Waals surface area contributed by atoms with Crippen LogP contribution in [0.5, 0.6) is 0 Å². The molecule has 0 radical (unpaired) electrons. The maximum Gasteiger partial charge on any atom is 0.115 e. The summed E-state index contributed by atoms with van der Waals surface area (Å²) >= 11 is 1.96. The van der Waals surface area contributed by atoms with Crippen LogP contribution in [0.1, 0.15) is 33.1 Å². The third-order valence-electron chi connectivity index (χ3n) is 2.17. The lowest BCUT2D eigenvalue weighted by Crippen LogP contribution is -2.21. The zero-order chi connectivity index (χ0) is 9.68. The number of hydrogen-bond donors (Lipinski definition) is 0. The van der Waals surface area contributed by atoms with Crippen molar-refractivity contribution in [2.24, 2.45) is 0 Å². The van der Waals surface area contributed by atoms with E-state index in [1.807, 2.05) is 25.6 Å². The molecule has 0 saturated carbocycles. The van der Waals surface area contributed by atoms with E-state index in [9.17, 15) is 0 Å². The number of thioether (sulfide) groups is 1. The molecule has 1 aliphatic carbocycles. The molecule has 13 heavy (non-hydrogen) atoms. The van der Waals surface area contributed by atoms with Gasteiger partial charge in [0.2, 0.25) is 0 Å². The van der Waals surface area contributed by atoms with Crippen molar-refractivity contribution in [1.29, 1.82) is 0 Å². The third-order valence-corrected chi connectivity index (χ3v) is 3.46. The van der Waals surface area contributed by atoms with Crippen molar-refractivity contribution in [2.75, 3.05) is 7.05 Å². The molecule has 1 atom stereocenters. The summed E-state index contributed by atoms with van der Waals surface area (Å²) in [5, 5.41) is 0.764. The van der Waals surface area contributed by atoms with Gasteiger partial charge >= 0.3 is 0 Å². The van der Waals surface area contributed by atoms with Gasteiger partial charge in [-0.2, -0.15) is 6.08 Å². The first-order valence-electron chi connectivity index (χ1n) is 5.12. The predicted molar refractivity (Wildman–Crippen MR) is 61.2 cm³/mol. The molecule has 74 valence electrons. The molecule has 1 nitrogen and oxygen atoms in total.